The summed E-state index contributed by atoms with van der Waals surface area (Å²) in [5, 5.41) is 0. The number of hydrogen-bond acceptors (Lipinski definition) is 2. The van der Waals surface area contributed by atoms with Gasteiger partial charge in [0.05, 0.1) is 23.7 Å². The van der Waals surface area contributed by atoms with Gasteiger partial charge in [0, 0.05) is 0 Å². The molecule has 2 rings (SSSR count). The molecular weight excluding hydrogens is 160 g/mol. The molecular formula is C11H12N2. The molecule has 1 aromatic carbocycles. The highest BCUT2D eigenvalue weighted by Crippen LogP contribution is 2.21. The molecule has 0 aliphatic carbocycles. The van der Waals surface area contributed by atoms with E-state index in [0.717, 1.165) is 23.7 Å². The van der Waals surface area contributed by atoms with E-state index in [2.05, 4.69) is 16.1 Å². The van der Waals surface area contributed by atoms with Crippen molar-refractivity contribution in [3.63, 3.8) is 0 Å². The fraction of sp³-hybridized carbons (Fsp3) is 0.273. The van der Waals surface area contributed by atoms with Crippen LogP contribution in [0.1, 0.15) is 19.4 Å². The van der Waals surface area contributed by atoms with Gasteiger partial charge in [-0.3, -0.25) is 9.98 Å². The van der Waals surface area contributed by atoms with Gasteiger partial charge < -0.3 is 0 Å². The molecule has 0 saturated carbocycles. The molecule has 2 nitrogen and oxygen atoms in total. The lowest BCUT2D eigenvalue weighted by molar-refractivity contribution is 1.07. The van der Waals surface area contributed by atoms with Crippen molar-refractivity contribution in [1.82, 2.24) is 0 Å². The minimum atomic E-state index is 0.753. The molecule has 0 amide bonds. The average molecular weight is 172 g/mol. The predicted octanol–water partition coefficient (Wildman–Crippen LogP) is 2.75. The number of nitrogens with zero attached hydrogens (tertiary/aromatic N) is 2. The third-order valence-electron chi connectivity index (χ3n) is 2.29. The molecule has 13 heavy (non-hydrogen) atoms. The van der Waals surface area contributed by atoms with E-state index in [0.29, 0.717) is 0 Å². The van der Waals surface area contributed by atoms with E-state index in [4.69, 9.17) is 0 Å². The maximum Gasteiger partial charge on any atom is 0.0684 e. The summed E-state index contributed by atoms with van der Waals surface area (Å²) in [6.45, 7) is 4.76. The van der Waals surface area contributed by atoms with Crippen LogP contribution < -0.4 is 0 Å². The van der Waals surface area contributed by atoms with Gasteiger partial charge in [-0.1, -0.05) is 18.2 Å². The van der Waals surface area contributed by atoms with Crippen LogP contribution >= 0.6 is 0 Å². The Morgan fingerprint density at radius 3 is 2.69 bits per heavy atom. The van der Waals surface area contributed by atoms with Crippen molar-refractivity contribution in [2.24, 2.45) is 9.98 Å². The molecule has 0 saturated heterocycles. The van der Waals surface area contributed by atoms with E-state index in [9.17, 15) is 0 Å². The first kappa shape index (κ1) is 8.17. The van der Waals surface area contributed by atoms with Gasteiger partial charge in [0.25, 0.3) is 0 Å². The first-order valence-electron chi connectivity index (χ1n) is 4.42. The van der Waals surface area contributed by atoms with Gasteiger partial charge >= 0.3 is 0 Å². The van der Waals surface area contributed by atoms with Crippen molar-refractivity contribution in [3.8, 4) is 0 Å². The maximum atomic E-state index is 4.51. The summed E-state index contributed by atoms with van der Waals surface area (Å²) in [7, 11) is 0. The third-order valence-corrected chi connectivity index (χ3v) is 2.29. The Bertz CT molecular complexity index is 389. The van der Waals surface area contributed by atoms with Crippen LogP contribution in [0.25, 0.3) is 0 Å². The van der Waals surface area contributed by atoms with E-state index in [1.54, 1.807) is 0 Å². The van der Waals surface area contributed by atoms with E-state index >= 15 is 0 Å². The zero-order chi connectivity index (χ0) is 9.26. The van der Waals surface area contributed by atoms with E-state index in [1.807, 2.05) is 32.0 Å². The zero-order valence-electron chi connectivity index (χ0n) is 7.91. The SMILES string of the molecule is CC1=NCc2ccccc2N=C1C. The number of para-hydroxylation sites is 1. The highest BCUT2D eigenvalue weighted by Gasteiger charge is 2.06. The van der Waals surface area contributed by atoms with Crippen molar-refractivity contribution in [1.29, 1.82) is 0 Å². The Kier molecular flexibility index (Phi) is 1.97. The molecule has 0 unspecified atom stereocenters. The molecule has 0 N–H and O–H groups in total. The van der Waals surface area contributed by atoms with Gasteiger partial charge in [-0.25, -0.2) is 0 Å². The number of benzene rings is 1. The number of rotatable bonds is 0. The molecule has 0 spiro atoms. The van der Waals surface area contributed by atoms with E-state index < -0.39 is 0 Å². The quantitative estimate of drug-likeness (QED) is 0.575. The van der Waals surface area contributed by atoms with Gasteiger partial charge in [-0.2, -0.15) is 0 Å². The third kappa shape index (κ3) is 1.52. The summed E-state index contributed by atoms with van der Waals surface area (Å²) < 4.78 is 0. The van der Waals surface area contributed by atoms with E-state index in [1.165, 1.54) is 5.56 Å². The lowest BCUT2D eigenvalue weighted by atomic mass is 10.2. The van der Waals surface area contributed by atoms with E-state index in [-0.39, 0.29) is 0 Å². The second-order valence-electron chi connectivity index (χ2n) is 3.23. The topological polar surface area (TPSA) is 24.7 Å². The van der Waals surface area contributed by atoms with Crippen LogP contribution in [0.15, 0.2) is 34.3 Å². The molecule has 66 valence electrons. The Morgan fingerprint density at radius 2 is 1.85 bits per heavy atom. The highest BCUT2D eigenvalue weighted by atomic mass is 14.8. The lowest BCUT2D eigenvalue weighted by Gasteiger charge is -1.98. The maximum absolute atomic E-state index is 4.51. The molecule has 0 aromatic heterocycles. The summed E-state index contributed by atoms with van der Waals surface area (Å²) in [6, 6.07) is 8.15. The Morgan fingerprint density at radius 1 is 1.08 bits per heavy atom. The summed E-state index contributed by atoms with van der Waals surface area (Å²) in [5.41, 5.74) is 4.32. The fourth-order valence-corrected chi connectivity index (χ4v) is 1.33. The van der Waals surface area contributed by atoms with Crippen LogP contribution in [0.4, 0.5) is 5.69 Å². The van der Waals surface area contributed by atoms with Crippen molar-refractivity contribution in [2.75, 3.05) is 0 Å². The fourth-order valence-electron chi connectivity index (χ4n) is 1.33. The molecule has 0 bridgehead atoms. The Hall–Kier alpha value is -1.44. The van der Waals surface area contributed by atoms with Crippen LogP contribution in [0.2, 0.25) is 0 Å². The largest absolute Gasteiger partial charge is 0.283 e. The van der Waals surface area contributed by atoms with Gasteiger partial charge in [-0.15, -0.1) is 0 Å². The molecule has 2 heteroatoms. The standard InChI is InChI=1S/C11H12N2/c1-8-9(2)13-11-6-4-3-5-10(11)7-12-8/h3-6H,7H2,1-2H3. The molecule has 0 fully saturated rings. The number of hydrogen-bond donors (Lipinski definition) is 0. The second kappa shape index (κ2) is 3.13. The van der Waals surface area contributed by atoms with Crippen LogP contribution in [0.3, 0.4) is 0 Å². The van der Waals surface area contributed by atoms with Crippen molar-refractivity contribution >= 4 is 17.1 Å². The molecule has 0 atom stereocenters. The molecule has 0 radical (unpaired) electrons. The van der Waals surface area contributed by atoms with Crippen LogP contribution in [0, 0.1) is 0 Å². The van der Waals surface area contributed by atoms with Gasteiger partial charge in [0.15, 0.2) is 0 Å². The minimum Gasteiger partial charge on any atom is -0.283 e. The van der Waals surface area contributed by atoms with Crippen molar-refractivity contribution in [3.05, 3.63) is 29.8 Å². The first-order chi connectivity index (χ1) is 6.27. The number of fused-ring (bicyclic) bond motifs is 1. The van der Waals surface area contributed by atoms with Crippen molar-refractivity contribution in [2.45, 2.75) is 20.4 Å². The van der Waals surface area contributed by atoms with Gasteiger partial charge in [0.2, 0.25) is 0 Å². The second-order valence-corrected chi connectivity index (χ2v) is 3.23. The molecule has 1 aliphatic heterocycles. The molecule has 1 heterocycles. The first-order valence-corrected chi connectivity index (χ1v) is 4.42. The normalized spacial score (nSPS) is 15.5. The van der Waals surface area contributed by atoms with Crippen LogP contribution in [0.5, 0.6) is 0 Å². The summed E-state index contributed by atoms with van der Waals surface area (Å²) in [4.78, 5) is 8.94. The summed E-state index contributed by atoms with van der Waals surface area (Å²) in [6.07, 6.45) is 0. The molecule has 1 aliphatic rings. The minimum absolute atomic E-state index is 0.753. The van der Waals surface area contributed by atoms with Crippen LogP contribution in [-0.4, -0.2) is 11.4 Å². The Labute approximate surface area is 78.0 Å². The average Bonchev–Trinajstić information content (AvgIpc) is 2.28. The smallest absolute Gasteiger partial charge is 0.0684 e. The number of aliphatic imine (C=N–C) groups is 2. The van der Waals surface area contributed by atoms with Crippen molar-refractivity contribution < 1.29 is 0 Å². The monoisotopic (exact) mass is 172 g/mol. The Balaban J connectivity index is 2.54. The molecule has 1 aromatic rings. The lowest BCUT2D eigenvalue weighted by Crippen LogP contribution is -2.03. The van der Waals surface area contributed by atoms with Gasteiger partial charge in [-0.05, 0) is 25.5 Å². The van der Waals surface area contributed by atoms with Crippen LogP contribution in [-0.2, 0) is 6.54 Å². The van der Waals surface area contributed by atoms with Gasteiger partial charge in [0.1, 0.15) is 0 Å². The summed E-state index contributed by atoms with van der Waals surface area (Å²) in [5.74, 6) is 0. The predicted molar refractivity (Wildman–Crippen MR) is 56.0 cm³/mol. The summed E-state index contributed by atoms with van der Waals surface area (Å²) >= 11 is 0. The zero-order valence-corrected chi connectivity index (χ0v) is 7.91. The highest BCUT2D eigenvalue weighted by molar-refractivity contribution is 6.41.